The van der Waals surface area contributed by atoms with Crippen LogP contribution in [0.4, 0.5) is 11.4 Å². The molecule has 0 spiro atoms. The number of hydrogen-bond donors (Lipinski definition) is 1. The van der Waals surface area contributed by atoms with Gasteiger partial charge in [0.25, 0.3) is 0 Å². The van der Waals surface area contributed by atoms with Gasteiger partial charge in [0.2, 0.25) is 11.8 Å². The normalized spacial score (nSPS) is 18.7. The van der Waals surface area contributed by atoms with Crippen molar-refractivity contribution in [1.82, 2.24) is 0 Å². The molecule has 0 aromatic heterocycles. The number of fused-ring (bicyclic) bond motifs is 2. The molecule has 2 aromatic carbocycles. The quantitative estimate of drug-likeness (QED) is 0.917. The summed E-state index contributed by atoms with van der Waals surface area (Å²) in [7, 11) is 0. The molecule has 1 atom stereocenters. The van der Waals surface area contributed by atoms with Gasteiger partial charge in [0.1, 0.15) is 5.75 Å². The highest BCUT2D eigenvalue weighted by Gasteiger charge is 2.30. The van der Waals surface area contributed by atoms with Gasteiger partial charge in [0, 0.05) is 11.7 Å². The highest BCUT2D eigenvalue weighted by atomic mass is 16.5. The molecule has 2 aromatic rings. The van der Waals surface area contributed by atoms with Crippen molar-refractivity contribution >= 4 is 23.2 Å². The minimum absolute atomic E-state index is 0.0654. The second kappa shape index (κ2) is 6.24. The first-order valence-electron chi connectivity index (χ1n) is 8.57. The van der Waals surface area contributed by atoms with Crippen molar-refractivity contribution in [2.75, 3.05) is 16.8 Å². The standard InChI is InChI=1S/C20H20N2O3/c1-13-10-15-4-2-3-5-17(15)22(13)20(24)12-14-6-7-18-16(11-14)21-19(23)8-9-25-18/h2-7,11,13H,8-10,12H2,1H3,(H,21,23). The highest BCUT2D eigenvalue weighted by Crippen LogP contribution is 2.33. The van der Waals surface area contributed by atoms with Crippen LogP contribution in [0.5, 0.6) is 5.75 Å². The number of amides is 2. The van der Waals surface area contributed by atoms with E-state index in [2.05, 4.69) is 18.3 Å². The average Bonchev–Trinajstić information content (AvgIpc) is 2.80. The zero-order valence-electron chi connectivity index (χ0n) is 14.1. The average molecular weight is 336 g/mol. The van der Waals surface area contributed by atoms with Gasteiger partial charge in [0.05, 0.1) is 25.1 Å². The molecular formula is C20H20N2O3. The van der Waals surface area contributed by atoms with E-state index in [1.807, 2.05) is 41.3 Å². The number of nitrogens with one attached hydrogen (secondary N) is 1. The van der Waals surface area contributed by atoms with Crippen LogP contribution in [0.2, 0.25) is 0 Å². The Morgan fingerprint density at radius 3 is 3.00 bits per heavy atom. The van der Waals surface area contributed by atoms with Crippen LogP contribution < -0.4 is 15.0 Å². The number of ether oxygens (including phenoxy) is 1. The third-order valence-electron chi connectivity index (χ3n) is 4.74. The van der Waals surface area contributed by atoms with Crippen molar-refractivity contribution in [3.63, 3.8) is 0 Å². The topological polar surface area (TPSA) is 58.6 Å². The first-order valence-corrected chi connectivity index (χ1v) is 8.57. The van der Waals surface area contributed by atoms with Gasteiger partial charge < -0.3 is 15.0 Å². The number of carbonyl (C=O) groups excluding carboxylic acids is 2. The highest BCUT2D eigenvalue weighted by molar-refractivity contribution is 5.98. The maximum Gasteiger partial charge on any atom is 0.231 e. The second-order valence-electron chi connectivity index (χ2n) is 6.60. The minimum Gasteiger partial charge on any atom is -0.491 e. The van der Waals surface area contributed by atoms with Gasteiger partial charge in [-0.2, -0.15) is 0 Å². The van der Waals surface area contributed by atoms with Crippen LogP contribution in [0.3, 0.4) is 0 Å². The SMILES string of the molecule is CC1Cc2ccccc2N1C(=O)Cc1ccc2c(c1)NC(=O)CCO2. The van der Waals surface area contributed by atoms with E-state index in [1.165, 1.54) is 5.56 Å². The summed E-state index contributed by atoms with van der Waals surface area (Å²) in [4.78, 5) is 26.5. The Hall–Kier alpha value is -2.82. The molecule has 5 heteroatoms. The monoisotopic (exact) mass is 336 g/mol. The van der Waals surface area contributed by atoms with E-state index in [0.717, 1.165) is 17.7 Å². The van der Waals surface area contributed by atoms with Gasteiger partial charge in [0.15, 0.2) is 0 Å². The Bertz CT molecular complexity index is 847. The van der Waals surface area contributed by atoms with E-state index in [4.69, 9.17) is 4.74 Å². The van der Waals surface area contributed by atoms with Crippen molar-refractivity contribution in [1.29, 1.82) is 0 Å². The van der Waals surface area contributed by atoms with E-state index in [9.17, 15) is 9.59 Å². The Morgan fingerprint density at radius 2 is 2.12 bits per heavy atom. The molecule has 2 amide bonds. The fourth-order valence-corrected chi connectivity index (χ4v) is 3.58. The molecule has 5 nitrogen and oxygen atoms in total. The first kappa shape index (κ1) is 15.7. The smallest absolute Gasteiger partial charge is 0.231 e. The summed E-state index contributed by atoms with van der Waals surface area (Å²) in [5.74, 6) is 0.657. The second-order valence-corrected chi connectivity index (χ2v) is 6.60. The van der Waals surface area contributed by atoms with Gasteiger partial charge >= 0.3 is 0 Å². The number of carbonyl (C=O) groups is 2. The molecule has 0 saturated heterocycles. The number of hydrogen-bond acceptors (Lipinski definition) is 3. The molecule has 4 rings (SSSR count). The fourth-order valence-electron chi connectivity index (χ4n) is 3.58. The molecule has 128 valence electrons. The van der Waals surface area contributed by atoms with E-state index >= 15 is 0 Å². The predicted molar refractivity (Wildman–Crippen MR) is 96.0 cm³/mol. The van der Waals surface area contributed by atoms with Crippen LogP contribution in [0.1, 0.15) is 24.5 Å². The van der Waals surface area contributed by atoms with Crippen molar-refractivity contribution in [3.8, 4) is 5.75 Å². The predicted octanol–water partition coefficient (Wildman–Crippen LogP) is 2.93. The number of anilines is 2. The fraction of sp³-hybridized carbons (Fsp3) is 0.300. The van der Waals surface area contributed by atoms with Crippen molar-refractivity contribution in [2.24, 2.45) is 0 Å². The van der Waals surface area contributed by atoms with Gasteiger partial charge in [-0.05, 0) is 42.7 Å². The van der Waals surface area contributed by atoms with Crippen LogP contribution in [0, 0.1) is 0 Å². The van der Waals surface area contributed by atoms with Gasteiger partial charge in [-0.1, -0.05) is 24.3 Å². The molecule has 1 N–H and O–H groups in total. The maximum absolute atomic E-state index is 12.9. The van der Waals surface area contributed by atoms with Crippen molar-refractivity contribution in [2.45, 2.75) is 32.2 Å². The van der Waals surface area contributed by atoms with Gasteiger partial charge in [-0.15, -0.1) is 0 Å². The molecule has 0 aliphatic carbocycles. The molecule has 25 heavy (non-hydrogen) atoms. The van der Waals surface area contributed by atoms with Crippen LogP contribution in [-0.2, 0) is 22.4 Å². The van der Waals surface area contributed by atoms with Crippen molar-refractivity contribution < 1.29 is 14.3 Å². The lowest BCUT2D eigenvalue weighted by Gasteiger charge is -2.23. The van der Waals surface area contributed by atoms with E-state index < -0.39 is 0 Å². The van der Waals surface area contributed by atoms with E-state index in [-0.39, 0.29) is 17.9 Å². The molecule has 2 heterocycles. The molecule has 0 bridgehead atoms. The summed E-state index contributed by atoms with van der Waals surface area (Å²) in [6, 6.07) is 13.8. The van der Waals surface area contributed by atoms with Crippen LogP contribution in [0.25, 0.3) is 0 Å². The number of nitrogens with zero attached hydrogens (tertiary/aromatic N) is 1. The maximum atomic E-state index is 12.9. The summed E-state index contributed by atoms with van der Waals surface area (Å²) in [6.07, 6.45) is 1.52. The van der Waals surface area contributed by atoms with E-state index in [1.54, 1.807) is 0 Å². The molecule has 2 aliphatic heterocycles. The van der Waals surface area contributed by atoms with Gasteiger partial charge in [-0.3, -0.25) is 9.59 Å². The third-order valence-corrected chi connectivity index (χ3v) is 4.74. The summed E-state index contributed by atoms with van der Waals surface area (Å²) in [5.41, 5.74) is 3.73. The number of rotatable bonds is 2. The Kier molecular flexibility index (Phi) is 3.92. The molecule has 0 saturated carbocycles. The first-order chi connectivity index (χ1) is 12.1. The third kappa shape index (κ3) is 2.97. The Labute approximate surface area is 146 Å². The van der Waals surface area contributed by atoms with Gasteiger partial charge in [-0.25, -0.2) is 0 Å². The summed E-state index contributed by atoms with van der Waals surface area (Å²) in [5, 5.41) is 2.84. The lowest BCUT2D eigenvalue weighted by Crippen LogP contribution is -2.36. The molecule has 0 radical (unpaired) electrons. The van der Waals surface area contributed by atoms with Crippen LogP contribution >= 0.6 is 0 Å². The lowest BCUT2D eigenvalue weighted by molar-refractivity contribution is -0.118. The minimum atomic E-state index is -0.0654. The summed E-state index contributed by atoms with van der Waals surface area (Å²) in [6.45, 7) is 2.45. The Morgan fingerprint density at radius 1 is 1.28 bits per heavy atom. The number of benzene rings is 2. The summed E-state index contributed by atoms with van der Waals surface area (Å²) >= 11 is 0. The zero-order chi connectivity index (χ0) is 17.4. The molecule has 2 aliphatic rings. The van der Waals surface area contributed by atoms with E-state index in [0.29, 0.717) is 30.9 Å². The number of para-hydroxylation sites is 1. The molecule has 0 fully saturated rings. The Balaban J connectivity index is 1.57. The van der Waals surface area contributed by atoms with Crippen molar-refractivity contribution in [3.05, 3.63) is 53.6 Å². The summed E-state index contributed by atoms with van der Waals surface area (Å²) < 4.78 is 5.56. The molecular weight excluding hydrogens is 316 g/mol. The lowest BCUT2D eigenvalue weighted by atomic mass is 10.1. The zero-order valence-corrected chi connectivity index (χ0v) is 14.1. The van der Waals surface area contributed by atoms with Crippen LogP contribution in [0.15, 0.2) is 42.5 Å². The largest absolute Gasteiger partial charge is 0.491 e. The molecule has 1 unspecified atom stereocenters. The van der Waals surface area contributed by atoms with Crippen LogP contribution in [-0.4, -0.2) is 24.5 Å².